The zero-order valence-corrected chi connectivity index (χ0v) is 12.4. The van der Waals surface area contributed by atoms with Crippen molar-refractivity contribution in [2.24, 2.45) is 0 Å². The second-order valence-electron chi connectivity index (χ2n) is 4.09. The van der Waals surface area contributed by atoms with E-state index in [1.165, 1.54) is 12.0 Å². The number of halogens is 1. The number of amides is 1. The summed E-state index contributed by atoms with van der Waals surface area (Å²) in [7, 11) is 2.87. The molecule has 0 saturated heterocycles. The maximum Gasteiger partial charge on any atom is 0.307 e. The van der Waals surface area contributed by atoms with Crippen LogP contribution in [-0.4, -0.2) is 50.7 Å². The van der Waals surface area contributed by atoms with Crippen LogP contribution in [-0.2, 0) is 14.3 Å². The van der Waals surface area contributed by atoms with Crippen molar-refractivity contribution in [2.45, 2.75) is 6.42 Å². The van der Waals surface area contributed by atoms with Gasteiger partial charge in [0.25, 0.3) is 5.91 Å². The topological polar surface area (TPSA) is 55.8 Å². The van der Waals surface area contributed by atoms with Gasteiger partial charge in [-0.15, -0.1) is 0 Å². The van der Waals surface area contributed by atoms with E-state index in [0.29, 0.717) is 23.7 Å². The number of rotatable bonds is 7. The zero-order valence-electron chi connectivity index (χ0n) is 11.6. The Morgan fingerprint density at radius 1 is 1.20 bits per heavy atom. The largest absolute Gasteiger partial charge is 0.469 e. The van der Waals surface area contributed by atoms with Crippen molar-refractivity contribution in [1.82, 2.24) is 4.90 Å². The molecule has 1 aromatic carbocycles. The summed E-state index contributed by atoms with van der Waals surface area (Å²) < 4.78 is 9.56. The van der Waals surface area contributed by atoms with Crippen molar-refractivity contribution in [3.8, 4) is 0 Å². The second kappa shape index (κ2) is 8.55. The first kappa shape index (κ1) is 16.5. The van der Waals surface area contributed by atoms with Crippen molar-refractivity contribution in [3.05, 3.63) is 34.9 Å². The zero-order chi connectivity index (χ0) is 15.0. The Kier molecular flexibility index (Phi) is 7.04. The summed E-state index contributed by atoms with van der Waals surface area (Å²) in [5.41, 5.74) is 0.412. The molecule has 0 saturated carbocycles. The lowest BCUT2D eigenvalue weighted by Crippen LogP contribution is -2.36. The molecule has 5 nitrogen and oxygen atoms in total. The molecule has 6 heteroatoms. The van der Waals surface area contributed by atoms with E-state index in [9.17, 15) is 9.59 Å². The molecular weight excluding hydrogens is 282 g/mol. The van der Waals surface area contributed by atoms with Gasteiger partial charge < -0.3 is 14.4 Å². The van der Waals surface area contributed by atoms with Crippen LogP contribution >= 0.6 is 11.6 Å². The summed E-state index contributed by atoms with van der Waals surface area (Å²) in [5, 5.41) is 0.387. The van der Waals surface area contributed by atoms with Crippen molar-refractivity contribution < 1.29 is 19.1 Å². The van der Waals surface area contributed by atoms with Gasteiger partial charge in [0.15, 0.2) is 0 Å². The lowest BCUT2D eigenvalue weighted by atomic mass is 10.2. The smallest absolute Gasteiger partial charge is 0.307 e. The summed E-state index contributed by atoms with van der Waals surface area (Å²) in [6.07, 6.45) is 0.135. The highest BCUT2D eigenvalue weighted by atomic mass is 35.5. The molecule has 0 aliphatic heterocycles. The molecule has 0 heterocycles. The number of ether oxygens (including phenoxy) is 2. The number of carbonyl (C=O) groups excluding carboxylic acids is 2. The van der Waals surface area contributed by atoms with Crippen molar-refractivity contribution >= 4 is 23.5 Å². The maximum absolute atomic E-state index is 12.4. The monoisotopic (exact) mass is 299 g/mol. The van der Waals surface area contributed by atoms with Gasteiger partial charge in [-0.25, -0.2) is 0 Å². The van der Waals surface area contributed by atoms with E-state index >= 15 is 0 Å². The average molecular weight is 300 g/mol. The molecule has 0 radical (unpaired) electrons. The fraction of sp³-hybridized carbons (Fsp3) is 0.429. The van der Waals surface area contributed by atoms with Crippen LogP contribution < -0.4 is 0 Å². The molecule has 0 aliphatic carbocycles. The van der Waals surface area contributed by atoms with Crippen LogP contribution in [0, 0.1) is 0 Å². The Balaban J connectivity index is 2.78. The third-order valence-corrected chi connectivity index (χ3v) is 3.10. The van der Waals surface area contributed by atoms with Crippen LogP contribution in [0.3, 0.4) is 0 Å². The van der Waals surface area contributed by atoms with Gasteiger partial charge in [-0.1, -0.05) is 23.7 Å². The maximum atomic E-state index is 12.4. The van der Waals surface area contributed by atoms with Crippen LogP contribution in [0.25, 0.3) is 0 Å². The summed E-state index contributed by atoms with van der Waals surface area (Å²) in [5.74, 6) is -0.587. The molecule has 0 spiro atoms. The quantitative estimate of drug-likeness (QED) is 0.723. The summed E-state index contributed by atoms with van der Waals surface area (Å²) in [6, 6.07) is 6.81. The van der Waals surface area contributed by atoms with Gasteiger partial charge in [0.2, 0.25) is 0 Å². The van der Waals surface area contributed by atoms with Gasteiger partial charge >= 0.3 is 5.97 Å². The fourth-order valence-electron chi connectivity index (χ4n) is 1.65. The number of nitrogens with zero attached hydrogens (tertiary/aromatic N) is 1. The lowest BCUT2D eigenvalue weighted by molar-refractivity contribution is -0.140. The first-order chi connectivity index (χ1) is 9.60. The molecule has 0 unspecified atom stereocenters. The van der Waals surface area contributed by atoms with Gasteiger partial charge in [0.05, 0.1) is 30.7 Å². The Morgan fingerprint density at radius 3 is 2.50 bits per heavy atom. The van der Waals surface area contributed by atoms with Gasteiger partial charge in [0, 0.05) is 20.2 Å². The number of methoxy groups -OCH3 is 2. The highest BCUT2D eigenvalue weighted by molar-refractivity contribution is 6.33. The van der Waals surface area contributed by atoms with E-state index in [-0.39, 0.29) is 24.8 Å². The number of hydrogen-bond acceptors (Lipinski definition) is 4. The normalized spacial score (nSPS) is 10.2. The number of benzene rings is 1. The predicted molar refractivity (Wildman–Crippen MR) is 75.9 cm³/mol. The molecule has 1 aromatic rings. The third-order valence-electron chi connectivity index (χ3n) is 2.77. The lowest BCUT2D eigenvalue weighted by Gasteiger charge is -2.22. The number of carbonyl (C=O) groups is 2. The van der Waals surface area contributed by atoms with Gasteiger partial charge in [-0.05, 0) is 12.1 Å². The first-order valence-electron chi connectivity index (χ1n) is 6.19. The van der Waals surface area contributed by atoms with Gasteiger partial charge in [-0.2, -0.15) is 0 Å². The molecule has 0 atom stereocenters. The van der Waals surface area contributed by atoms with Crippen LogP contribution in [0.1, 0.15) is 16.8 Å². The molecule has 0 fully saturated rings. The van der Waals surface area contributed by atoms with Crippen LogP contribution in [0.2, 0.25) is 5.02 Å². The SMILES string of the molecule is COCCN(CCC(=O)OC)C(=O)c1ccccc1Cl. The van der Waals surface area contributed by atoms with Crippen LogP contribution in [0.5, 0.6) is 0 Å². The number of esters is 1. The summed E-state index contributed by atoms with van der Waals surface area (Å²) in [4.78, 5) is 25.1. The summed E-state index contributed by atoms with van der Waals surface area (Å²) in [6.45, 7) is 1.04. The molecule has 0 aliphatic rings. The van der Waals surface area contributed by atoms with E-state index in [4.69, 9.17) is 16.3 Å². The van der Waals surface area contributed by atoms with Crippen molar-refractivity contribution in [2.75, 3.05) is 33.9 Å². The molecular formula is C14H18ClNO4. The standard InChI is InChI=1S/C14H18ClNO4/c1-19-10-9-16(8-7-13(17)20-2)14(18)11-5-3-4-6-12(11)15/h3-6H,7-10H2,1-2H3. The molecule has 110 valence electrons. The Bertz CT molecular complexity index is 464. The molecule has 0 bridgehead atoms. The molecule has 20 heavy (non-hydrogen) atoms. The van der Waals surface area contributed by atoms with E-state index in [0.717, 1.165) is 0 Å². The van der Waals surface area contributed by atoms with E-state index < -0.39 is 0 Å². The van der Waals surface area contributed by atoms with E-state index in [1.807, 2.05) is 0 Å². The third kappa shape index (κ3) is 4.83. The Labute approximate surface area is 123 Å². The van der Waals surface area contributed by atoms with Gasteiger partial charge in [-0.3, -0.25) is 9.59 Å². The first-order valence-corrected chi connectivity index (χ1v) is 6.57. The Morgan fingerprint density at radius 2 is 1.90 bits per heavy atom. The highest BCUT2D eigenvalue weighted by Crippen LogP contribution is 2.17. The predicted octanol–water partition coefficient (Wildman–Crippen LogP) is 1.99. The average Bonchev–Trinajstić information content (AvgIpc) is 2.47. The van der Waals surface area contributed by atoms with Crippen molar-refractivity contribution in [1.29, 1.82) is 0 Å². The number of hydrogen-bond donors (Lipinski definition) is 0. The minimum absolute atomic E-state index is 0.135. The van der Waals surface area contributed by atoms with Crippen molar-refractivity contribution in [3.63, 3.8) is 0 Å². The summed E-state index contributed by atoms with van der Waals surface area (Å²) >= 11 is 6.02. The fourth-order valence-corrected chi connectivity index (χ4v) is 1.87. The second-order valence-corrected chi connectivity index (χ2v) is 4.50. The molecule has 1 rings (SSSR count). The van der Waals surface area contributed by atoms with E-state index in [1.54, 1.807) is 31.4 Å². The van der Waals surface area contributed by atoms with Gasteiger partial charge in [0.1, 0.15) is 0 Å². The highest BCUT2D eigenvalue weighted by Gasteiger charge is 2.18. The molecule has 0 aromatic heterocycles. The minimum Gasteiger partial charge on any atom is -0.469 e. The molecule has 1 amide bonds. The van der Waals surface area contributed by atoms with E-state index in [2.05, 4.69) is 4.74 Å². The molecule has 0 N–H and O–H groups in total. The van der Waals surface area contributed by atoms with Crippen LogP contribution in [0.4, 0.5) is 0 Å². The van der Waals surface area contributed by atoms with Crippen LogP contribution in [0.15, 0.2) is 24.3 Å². The Hall–Kier alpha value is -1.59. The minimum atomic E-state index is -0.362.